The van der Waals surface area contributed by atoms with Crippen LogP contribution in [0.3, 0.4) is 0 Å². The van der Waals surface area contributed by atoms with Crippen molar-refractivity contribution in [3.05, 3.63) is 13.8 Å². The fraction of sp³-hybridized carbons (Fsp3) is 0.875. The maximum absolute atomic E-state index is 3.73. The van der Waals surface area contributed by atoms with Gasteiger partial charge >= 0.3 is 0 Å². The Bertz CT molecular complexity index is 211. The van der Waals surface area contributed by atoms with Gasteiger partial charge in [-0.15, -0.1) is 0 Å². The first-order chi connectivity index (χ1) is 7.41. The van der Waals surface area contributed by atoms with Gasteiger partial charge in [-0.2, -0.15) is 0 Å². The van der Waals surface area contributed by atoms with Crippen molar-refractivity contribution in [1.82, 2.24) is 0 Å². The van der Waals surface area contributed by atoms with E-state index in [4.69, 9.17) is 0 Å². The van der Waals surface area contributed by atoms with Crippen LogP contribution in [0, 0.1) is 49.4 Å². The zero-order valence-corrected chi connectivity index (χ0v) is 49.3. The summed E-state index contributed by atoms with van der Waals surface area (Å²) in [5.74, 6) is 5.30. The minimum Gasteiger partial charge on any atom is -0.369 e. The Kier molecular flexibility index (Phi) is 120. The summed E-state index contributed by atoms with van der Waals surface area (Å²) >= 11 is 0. The average Bonchev–Trinajstić information content (AvgIpc) is 2.79. The van der Waals surface area contributed by atoms with E-state index in [9.17, 15) is 0 Å². The van der Waals surface area contributed by atoms with Crippen LogP contribution < -0.4 is 0 Å². The predicted octanol–water partition coefficient (Wildman–Crippen LogP) is 4.98. The zero-order chi connectivity index (χ0) is 12.3. The molecule has 0 heterocycles. The molecule has 2 rings (SSSR count). The molecule has 0 saturated heterocycles. The summed E-state index contributed by atoms with van der Waals surface area (Å²) in [6.45, 7) is 16.5. The molecule has 2 saturated carbocycles. The van der Waals surface area contributed by atoms with Crippen molar-refractivity contribution in [3.8, 4) is 0 Å². The van der Waals surface area contributed by atoms with Gasteiger partial charge in [0.25, 0.3) is 0 Å². The number of hydrogen-bond acceptors (Lipinski definition) is 0. The molecule has 129 valence electrons. The smallest absolute Gasteiger partial charge is 0 e. The van der Waals surface area contributed by atoms with Crippen molar-refractivity contribution in [2.75, 3.05) is 0 Å². The van der Waals surface area contributed by atoms with Gasteiger partial charge in [-0.25, -0.2) is 0 Å². The minimum atomic E-state index is 0. The van der Waals surface area contributed by atoms with E-state index < -0.39 is 0 Å². The van der Waals surface area contributed by atoms with Crippen LogP contribution in [-0.4, -0.2) is 0 Å². The van der Waals surface area contributed by atoms with Crippen LogP contribution in [0.5, 0.6) is 0 Å². The van der Waals surface area contributed by atoms with Gasteiger partial charge in [0.15, 0.2) is 0 Å². The molecule has 0 aromatic carbocycles. The Morgan fingerprint density at radius 3 is 1.04 bits per heavy atom. The largest absolute Gasteiger partial charge is 0.369 e. The number of rotatable bonds is 2. The summed E-state index contributed by atoms with van der Waals surface area (Å²) in [5.41, 5.74) is 0. The Hall–Kier alpha value is 12.1. The third-order valence-electron chi connectivity index (χ3n) is 4.59. The quantitative estimate of drug-likeness (QED) is 0.343. The van der Waals surface area contributed by atoms with Gasteiger partial charge in [-0.1, -0.05) is 40.0 Å². The molecular weight excluding hydrogens is 1170 g/mol. The van der Waals surface area contributed by atoms with Crippen molar-refractivity contribution < 1.29 is 360 Å². The molecule has 0 aromatic heterocycles. The van der Waals surface area contributed by atoms with Crippen molar-refractivity contribution in [1.29, 1.82) is 0 Å². The fourth-order valence-corrected chi connectivity index (χ4v) is 3.11. The first-order valence-electron chi connectivity index (χ1n) is 7.08. The monoisotopic (exact) mass is 1200 g/mol. The molecule has 3 atom stereocenters. The zero-order valence-electron chi connectivity index (χ0n) is 18.1. The van der Waals surface area contributed by atoms with Crippen molar-refractivity contribution in [2.45, 2.75) is 53.4 Å². The first kappa shape index (κ1) is 71.9. The van der Waals surface area contributed by atoms with Crippen LogP contribution in [-0.2, 0) is 360 Å². The van der Waals surface area contributed by atoms with Gasteiger partial charge in [0.05, 0.1) is 0 Å². The fourth-order valence-electron chi connectivity index (χ4n) is 3.11. The van der Waals surface area contributed by atoms with Gasteiger partial charge in [0.2, 0.25) is 0 Å². The SMILES string of the molecule is CC(C)C1CC2CCC1C2.[CH2-]C([CH2-])C(C)C.[Y].[Y].[Y].[Y].[Y].[Y].[Y].[Y].[Y].[Y].[Y]. The Labute approximate surface area is 448 Å². The molecule has 0 amide bonds. The summed E-state index contributed by atoms with van der Waals surface area (Å²) in [6.07, 6.45) is 6.23. The summed E-state index contributed by atoms with van der Waals surface area (Å²) in [6, 6.07) is 0. The molecule has 0 N–H and O–H groups in total. The second-order valence-corrected chi connectivity index (χ2v) is 6.59. The maximum atomic E-state index is 3.73. The first-order valence-corrected chi connectivity index (χ1v) is 7.08. The van der Waals surface area contributed by atoms with Crippen LogP contribution in [0.4, 0.5) is 0 Å². The van der Waals surface area contributed by atoms with E-state index in [2.05, 4.69) is 41.5 Å². The van der Waals surface area contributed by atoms with Crippen molar-refractivity contribution in [2.24, 2.45) is 35.5 Å². The molecule has 0 aromatic rings. The molecule has 0 aliphatic heterocycles. The van der Waals surface area contributed by atoms with E-state index in [1.807, 2.05) is 0 Å². The third kappa shape index (κ3) is 36.1. The summed E-state index contributed by atoms with van der Waals surface area (Å²) in [5, 5.41) is 0. The van der Waals surface area contributed by atoms with E-state index in [1.165, 1.54) is 0 Å². The van der Waals surface area contributed by atoms with Crippen molar-refractivity contribution >= 4 is 0 Å². The Balaban J connectivity index is -0.0000000157. The third-order valence-corrected chi connectivity index (χ3v) is 4.59. The second kappa shape index (κ2) is 45.1. The summed E-state index contributed by atoms with van der Waals surface area (Å²) < 4.78 is 0. The van der Waals surface area contributed by atoms with Gasteiger partial charge in [0.1, 0.15) is 0 Å². The van der Waals surface area contributed by atoms with Gasteiger partial charge < -0.3 is 19.8 Å². The molecule has 0 spiro atoms. The van der Waals surface area contributed by atoms with Crippen LogP contribution in [0.25, 0.3) is 0 Å². The number of fused-ring (bicyclic) bond motifs is 2. The molecular formula is C16H30Y11-2. The van der Waals surface area contributed by atoms with Crippen LogP contribution in [0.15, 0.2) is 0 Å². The van der Waals surface area contributed by atoms with Crippen LogP contribution in [0.2, 0.25) is 0 Å². The molecule has 0 nitrogen and oxygen atoms in total. The van der Waals surface area contributed by atoms with E-state index in [0.717, 1.165) is 23.7 Å². The molecule has 3 unspecified atom stereocenters. The topological polar surface area (TPSA) is 0 Å². The molecule has 11 heteroatoms. The normalized spacial score (nSPS) is 19.2. The number of hydrogen-bond donors (Lipinski definition) is 0. The maximum Gasteiger partial charge on any atom is 0 e. The Morgan fingerprint density at radius 2 is 0.926 bits per heavy atom. The minimum absolute atomic E-state index is 0. The predicted molar refractivity (Wildman–Crippen MR) is 72.8 cm³/mol. The van der Waals surface area contributed by atoms with Crippen LogP contribution >= 0.6 is 0 Å². The molecule has 2 bridgehead atoms. The van der Waals surface area contributed by atoms with E-state index >= 15 is 0 Å². The molecule has 2 aliphatic carbocycles. The van der Waals surface area contributed by atoms with Gasteiger partial charge in [0, 0.05) is 360 Å². The molecule has 2 fully saturated rings. The van der Waals surface area contributed by atoms with E-state index in [0.29, 0.717) is 11.8 Å². The molecule has 27 heavy (non-hydrogen) atoms. The van der Waals surface area contributed by atoms with E-state index in [1.54, 1.807) is 25.7 Å². The second-order valence-electron chi connectivity index (χ2n) is 6.59. The van der Waals surface area contributed by atoms with Gasteiger partial charge in [-0.3, -0.25) is 0 Å². The molecule has 11 radical (unpaired) electrons. The summed E-state index contributed by atoms with van der Waals surface area (Å²) in [7, 11) is 0. The summed E-state index contributed by atoms with van der Waals surface area (Å²) in [4.78, 5) is 0. The van der Waals surface area contributed by atoms with Gasteiger partial charge in [-0.05, 0) is 42.9 Å². The molecule has 2 aliphatic rings. The Morgan fingerprint density at radius 1 is 0.593 bits per heavy atom. The van der Waals surface area contributed by atoms with Crippen LogP contribution in [0.1, 0.15) is 53.4 Å². The van der Waals surface area contributed by atoms with Crippen molar-refractivity contribution in [3.63, 3.8) is 0 Å². The van der Waals surface area contributed by atoms with E-state index in [-0.39, 0.29) is 360 Å². The standard InChI is InChI=1S/C10H18.C6H12.11Y/c1-7(2)10-6-8-3-4-9(10)5-8;1-5(2)6(3)4;;;;;;;;;;;/h7-10H,3-6H2,1-2H3;5-6H,1-2H2,3-4H3;;;;;;;;;;;/q;-2;;;;;;;;;;;. The average molecular weight is 1200 g/mol.